The number of rotatable bonds is 5. The highest BCUT2D eigenvalue weighted by Gasteiger charge is 2.19. The predicted molar refractivity (Wildman–Crippen MR) is 72.7 cm³/mol. The van der Waals surface area contributed by atoms with Crippen LogP contribution in [0.15, 0.2) is 25.0 Å². The molecule has 0 bridgehead atoms. The predicted octanol–water partition coefficient (Wildman–Crippen LogP) is 1.28. The molecule has 1 aliphatic heterocycles. The summed E-state index contributed by atoms with van der Waals surface area (Å²) in [7, 11) is 0. The van der Waals surface area contributed by atoms with Gasteiger partial charge in [0.25, 0.3) is 0 Å². The van der Waals surface area contributed by atoms with Crippen molar-refractivity contribution in [2.45, 2.75) is 12.8 Å². The van der Waals surface area contributed by atoms with Crippen molar-refractivity contribution in [2.75, 3.05) is 36.5 Å². The van der Waals surface area contributed by atoms with E-state index < -0.39 is 0 Å². The van der Waals surface area contributed by atoms with Crippen LogP contribution in [-0.4, -0.2) is 41.3 Å². The topological polar surface area (TPSA) is 61.3 Å². The first-order chi connectivity index (χ1) is 8.83. The smallest absolute Gasteiger partial charge is 0.134 e. The maximum Gasteiger partial charge on any atom is 0.134 e. The van der Waals surface area contributed by atoms with E-state index in [4.69, 9.17) is 5.11 Å². The molecule has 2 N–H and O–H groups in total. The first kappa shape index (κ1) is 12.8. The maximum absolute atomic E-state index is 9.13. The van der Waals surface area contributed by atoms with Crippen LogP contribution in [0.1, 0.15) is 12.8 Å². The van der Waals surface area contributed by atoms with Gasteiger partial charge in [0.15, 0.2) is 0 Å². The Balaban J connectivity index is 1.98. The number of hydrogen-bond acceptors (Lipinski definition) is 5. The molecule has 5 nitrogen and oxygen atoms in total. The molecule has 0 radical (unpaired) electrons. The summed E-state index contributed by atoms with van der Waals surface area (Å²) in [4.78, 5) is 10.7. The molecule has 1 aliphatic rings. The number of aromatic nitrogens is 2. The number of hydrogen-bond donors (Lipinski definition) is 2. The molecule has 0 amide bonds. The van der Waals surface area contributed by atoms with Crippen molar-refractivity contribution < 1.29 is 5.11 Å². The van der Waals surface area contributed by atoms with Crippen LogP contribution in [0.3, 0.4) is 0 Å². The third-order valence-corrected chi connectivity index (χ3v) is 3.28. The van der Waals surface area contributed by atoms with Gasteiger partial charge >= 0.3 is 0 Å². The van der Waals surface area contributed by atoms with E-state index in [1.165, 1.54) is 0 Å². The minimum atomic E-state index is 0.295. The summed E-state index contributed by atoms with van der Waals surface area (Å²) in [5, 5.41) is 12.3. The molecule has 1 saturated heterocycles. The number of piperidine rings is 1. The van der Waals surface area contributed by atoms with Crippen LogP contribution in [-0.2, 0) is 0 Å². The van der Waals surface area contributed by atoms with Gasteiger partial charge < -0.3 is 15.3 Å². The number of anilines is 2. The Labute approximate surface area is 108 Å². The van der Waals surface area contributed by atoms with Crippen LogP contribution in [0.5, 0.6) is 0 Å². The van der Waals surface area contributed by atoms with E-state index in [2.05, 4.69) is 26.8 Å². The van der Waals surface area contributed by atoms with Gasteiger partial charge in [0.1, 0.15) is 18.0 Å². The Morgan fingerprint density at radius 2 is 2.22 bits per heavy atom. The average molecular weight is 248 g/mol. The van der Waals surface area contributed by atoms with Crippen LogP contribution in [0.4, 0.5) is 11.6 Å². The standard InChI is InChI=1S/C13H20N4O/c1-2-5-14-12-8-13(16-10-15-12)17-6-3-11(9-18)4-7-17/h2,8,10-11,18H,1,3-7,9H2,(H,14,15,16). The second-order valence-corrected chi connectivity index (χ2v) is 4.54. The fraction of sp³-hybridized carbons (Fsp3) is 0.538. The minimum Gasteiger partial charge on any atom is -0.396 e. The molecule has 2 heterocycles. The van der Waals surface area contributed by atoms with E-state index in [0.29, 0.717) is 19.1 Å². The maximum atomic E-state index is 9.13. The Kier molecular flexibility index (Phi) is 4.52. The molecule has 1 fully saturated rings. The highest BCUT2D eigenvalue weighted by molar-refractivity contribution is 5.48. The third kappa shape index (κ3) is 3.20. The number of nitrogens with one attached hydrogen (secondary N) is 1. The molecule has 0 saturated carbocycles. The van der Waals surface area contributed by atoms with E-state index in [0.717, 1.165) is 37.6 Å². The van der Waals surface area contributed by atoms with E-state index in [1.807, 2.05) is 6.07 Å². The lowest BCUT2D eigenvalue weighted by atomic mass is 9.98. The number of aliphatic hydroxyl groups is 1. The largest absolute Gasteiger partial charge is 0.396 e. The zero-order chi connectivity index (χ0) is 12.8. The van der Waals surface area contributed by atoms with Crippen LogP contribution in [0.25, 0.3) is 0 Å². The summed E-state index contributed by atoms with van der Waals surface area (Å²) in [5.41, 5.74) is 0. The lowest BCUT2D eigenvalue weighted by Gasteiger charge is -2.31. The number of nitrogens with zero attached hydrogens (tertiary/aromatic N) is 3. The lowest BCUT2D eigenvalue weighted by Crippen LogP contribution is -2.35. The molecule has 98 valence electrons. The first-order valence-electron chi connectivity index (χ1n) is 6.36. The Morgan fingerprint density at radius 1 is 1.44 bits per heavy atom. The van der Waals surface area contributed by atoms with Gasteiger partial charge in [-0.2, -0.15) is 0 Å². The fourth-order valence-electron chi connectivity index (χ4n) is 2.14. The van der Waals surface area contributed by atoms with E-state index >= 15 is 0 Å². The molecule has 1 aromatic rings. The highest BCUT2D eigenvalue weighted by atomic mass is 16.3. The molecule has 0 unspecified atom stereocenters. The van der Waals surface area contributed by atoms with Crippen molar-refractivity contribution in [3.8, 4) is 0 Å². The fourth-order valence-corrected chi connectivity index (χ4v) is 2.14. The molecule has 1 aromatic heterocycles. The van der Waals surface area contributed by atoms with E-state index in [-0.39, 0.29) is 0 Å². The van der Waals surface area contributed by atoms with Crippen molar-refractivity contribution >= 4 is 11.6 Å². The van der Waals surface area contributed by atoms with Gasteiger partial charge in [0.2, 0.25) is 0 Å². The van der Waals surface area contributed by atoms with Crippen LogP contribution < -0.4 is 10.2 Å². The Bertz CT molecular complexity index is 388. The molecular weight excluding hydrogens is 228 g/mol. The zero-order valence-electron chi connectivity index (χ0n) is 10.5. The van der Waals surface area contributed by atoms with Crippen LogP contribution in [0.2, 0.25) is 0 Å². The summed E-state index contributed by atoms with van der Waals surface area (Å²) in [6.07, 6.45) is 5.43. The Morgan fingerprint density at radius 3 is 2.89 bits per heavy atom. The van der Waals surface area contributed by atoms with Crippen LogP contribution >= 0.6 is 0 Å². The molecule has 2 rings (SSSR count). The Hall–Kier alpha value is -1.62. The molecule has 0 aromatic carbocycles. The molecule has 5 heteroatoms. The molecule has 18 heavy (non-hydrogen) atoms. The van der Waals surface area contributed by atoms with Gasteiger partial charge in [-0.05, 0) is 18.8 Å². The highest BCUT2D eigenvalue weighted by Crippen LogP contribution is 2.22. The summed E-state index contributed by atoms with van der Waals surface area (Å²) in [6, 6.07) is 1.96. The van der Waals surface area contributed by atoms with Gasteiger partial charge in [-0.3, -0.25) is 0 Å². The normalized spacial score (nSPS) is 16.6. The molecule has 0 aliphatic carbocycles. The monoisotopic (exact) mass is 248 g/mol. The zero-order valence-corrected chi connectivity index (χ0v) is 10.5. The van der Waals surface area contributed by atoms with Crippen molar-refractivity contribution in [1.82, 2.24) is 9.97 Å². The lowest BCUT2D eigenvalue weighted by molar-refractivity contribution is 0.203. The van der Waals surface area contributed by atoms with Crippen molar-refractivity contribution in [1.29, 1.82) is 0 Å². The van der Waals surface area contributed by atoms with Gasteiger partial charge in [-0.1, -0.05) is 6.08 Å². The van der Waals surface area contributed by atoms with E-state index in [1.54, 1.807) is 12.4 Å². The summed E-state index contributed by atoms with van der Waals surface area (Å²) in [6.45, 7) is 6.55. The first-order valence-corrected chi connectivity index (χ1v) is 6.36. The van der Waals surface area contributed by atoms with Gasteiger partial charge in [0, 0.05) is 32.3 Å². The molecule has 0 atom stereocenters. The SMILES string of the molecule is C=CCNc1cc(N2CCC(CO)CC2)ncn1. The molecule has 0 spiro atoms. The van der Waals surface area contributed by atoms with Crippen molar-refractivity contribution in [3.05, 3.63) is 25.0 Å². The molecular formula is C13H20N4O. The van der Waals surface area contributed by atoms with E-state index in [9.17, 15) is 0 Å². The second kappa shape index (κ2) is 6.35. The quantitative estimate of drug-likeness (QED) is 0.769. The van der Waals surface area contributed by atoms with Gasteiger partial charge in [-0.25, -0.2) is 9.97 Å². The summed E-state index contributed by atoms with van der Waals surface area (Å²) in [5.74, 6) is 2.22. The minimum absolute atomic E-state index is 0.295. The summed E-state index contributed by atoms with van der Waals surface area (Å²) >= 11 is 0. The van der Waals surface area contributed by atoms with Crippen molar-refractivity contribution in [2.24, 2.45) is 5.92 Å². The van der Waals surface area contributed by atoms with Crippen molar-refractivity contribution in [3.63, 3.8) is 0 Å². The van der Waals surface area contributed by atoms with Gasteiger partial charge in [0.05, 0.1) is 0 Å². The number of aliphatic hydroxyl groups excluding tert-OH is 1. The van der Waals surface area contributed by atoms with Gasteiger partial charge in [-0.15, -0.1) is 6.58 Å². The summed E-state index contributed by atoms with van der Waals surface area (Å²) < 4.78 is 0. The average Bonchev–Trinajstić information content (AvgIpc) is 2.45. The third-order valence-electron chi connectivity index (χ3n) is 3.28. The second-order valence-electron chi connectivity index (χ2n) is 4.54. The van der Waals surface area contributed by atoms with Crippen LogP contribution in [0, 0.1) is 5.92 Å².